The average molecular weight is 386 g/mol. The van der Waals surface area contributed by atoms with E-state index in [0.717, 1.165) is 31.2 Å². The van der Waals surface area contributed by atoms with Crippen LogP contribution in [-0.2, 0) is 0 Å². The van der Waals surface area contributed by atoms with Gasteiger partial charge < -0.3 is 10.6 Å². The fourth-order valence-corrected chi connectivity index (χ4v) is 3.49. The van der Waals surface area contributed by atoms with E-state index in [0.29, 0.717) is 16.3 Å². The molecule has 0 saturated heterocycles. The minimum absolute atomic E-state index is 0.155. The fraction of sp³-hybridized carbons (Fsp3) is 0.381. The van der Waals surface area contributed by atoms with Crippen LogP contribution in [0.5, 0.6) is 0 Å². The minimum Gasteiger partial charge on any atom is -0.349 e. The number of pyridine rings is 1. The van der Waals surface area contributed by atoms with Gasteiger partial charge in [0.15, 0.2) is 0 Å². The standard InChI is InChI=1S/C21H24ClN3O2/c1-14-17(22)9-6-10-18(14)25-21(27)19-13-15(11-12-23-19)20(26)24-16-7-4-2-3-5-8-16/h6,9-13,16H,2-5,7-8H2,1H3,(H,24,26)(H,25,27). The smallest absolute Gasteiger partial charge is 0.274 e. The Hall–Kier alpha value is -2.40. The van der Waals surface area contributed by atoms with Crippen LogP contribution in [0.25, 0.3) is 0 Å². The Balaban J connectivity index is 1.69. The first-order chi connectivity index (χ1) is 13.0. The summed E-state index contributed by atoms with van der Waals surface area (Å²) in [6.07, 6.45) is 8.27. The monoisotopic (exact) mass is 385 g/mol. The highest BCUT2D eigenvalue weighted by Gasteiger charge is 2.17. The lowest BCUT2D eigenvalue weighted by Gasteiger charge is -2.16. The Morgan fingerprint density at radius 2 is 1.81 bits per heavy atom. The van der Waals surface area contributed by atoms with E-state index in [-0.39, 0.29) is 23.6 Å². The van der Waals surface area contributed by atoms with Crippen molar-refractivity contribution in [2.45, 2.75) is 51.5 Å². The van der Waals surface area contributed by atoms with Crippen molar-refractivity contribution in [1.82, 2.24) is 10.3 Å². The van der Waals surface area contributed by atoms with E-state index in [1.807, 2.05) is 6.92 Å². The van der Waals surface area contributed by atoms with Crippen LogP contribution in [0.2, 0.25) is 5.02 Å². The summed E-state index contributed by atoms with van der Waals surface area (Å²) in [5, 5.41) is 6.48. The number of rotatable bonds is 4. The van der Waals surface area contributed by atoms with Crippen LogP contribution in [0.15, 0.2) is 36.5 Å². The molecule has 1 aromatic heterocycles. The van der Waals surface area contributed by atoms with E-state index >= 15 is 0 Å². The molecule has 0 unspecified atom stereocenters. The van der Waals surface area contributed by atoms with Crippen LogP contribution < -0.4 is 10.6 Å². The Labute approximate surface area is 164 Å². The summed E-state index contributed by atoms with van der Waals surface area (Å²) in [5.74, 6) is -0.526. The van der Waals surface area contributed by atoms with Crippen molar-refractivity contribution in [3.05, 3.63) is 58.4 Å². The van der Waals surface area contributed by atoms with Crippen LogP contribution in [0.4, 0.5) is 5.69 Å². The number of carbonyl (C=O) groups excluding carboxylic acids is 2. The molecule has 1 aromatic carbocycles. The molecule has 2 aromatic rings. The highest BCUT2D eigenvalue weighted by molar-refractivity contribution is 6.31. The zero-order valence-corrected chi connectivity index (χ0v) is 16.2. The van der Waals surface area contributed by atoms with E-state index in [2.05, 4.69) is 15.6 Å². The normalized spacial score (nSPS) is 15.0. The molecule has 142 valence electrons. The van der Waals surface area contributed by atoms with Gasteiger partial charge in [-0.2, -0.15) is 0 Å². The Morgan fingerprint density at radius 1 is 1.07 bits per heavy atom. The number of halogens is 1. The molecule has 1 heterocycles. The molecule has 1 aliphatic carbocycles. The molecule has 0 aliphatic heterocycles. The molecule has 5 nitrogen and oxygen atoms in total. The molecular formula is C21H24ClN3O2. The molecule has 3 rings (SSSR count). The van der Waals surface area contributed by atoms with Crippen LogP contribution in [0.3, 0.4) is 0 Å². The van der Waals surface area contributed by atoms with Gasteiger partial charge in [0.2, 0.25) is 0 Å². The third-order valence-corrected chi connectivity index (χ3v) is 5.37. The van der Waals surface area contributed by atoms with Gasteiger partial charge in [-0.3, -0.25) is 14.6 Å². The number of amides is 2. The van der Waals surface area contributed by atoms with E-state index in [4.69, 9.17) is 11.6 Å². The van der Waals surface area contributed by atoms with Crippen molar-refractivity contribution < 1.29 is 9.59 Å². The second-order valence-corrected chi connectivity index (χ2v) is 7.37. The Bertz CT molecular complexity index is 830. The number of hydrogen-bond donors (Lipinski definition) is 2. The largest absolute Gasteiger partial charge is 0.349 e. The number of anilines is 1. The summed E-state index contributed by atoms with van der Waals surface area (Å²) in [4.78, 5) is 29.2. The van der Waals surface area contributed by atoms with Gasteiger partial charge in [-0.25, -0.2) is 0 Å². The number of hydrogen-bond acceptors (Lipinski definition) is 3. The highest BCUT2D eigenvalue weighted by Crippen LogP contribution is 2.23. The quantitative estimate of drug-likeness (QED) is 0.746. The van der Waals surface area contributed by atoms with Gasteiger partial charge in [-0.05, 0) is 49.6 Å². The second kappa shape index (κ2) is 9.00. The predicted octanol–water partition coefficient (Wildman–Crippen LogP) is 4.75. The van der Waals surface area contributed by atoms with Gasteiger partial charge in [0.1, 0.15) is 5.69 Å². The number of nitrogens with one attached hydrogen (secondary N) is 2. The third kappa shape index (κ3) is 5.07. The van der Waals surface area contributed by atoms with Gasteiger partial charge >= 0.3 is 0 Å². The van der Waals surface area contributed by atoms with E-state index in [1.54, 1.807) is 24.3 Å². The van der Waals surface area contributed by atoms with Crippen molar-refractivity contribution in [2.75, 3.05) is 5.32 Å². The van der Waals surface area contributed by atoms with E-state index in [9.17, 15) is 9.59 Å². The summed E-state index contributed by atoms with van der Waals surface area (Å²) < 4.78 is 0. The highest BCUT2D eigenvalue weighted by atomic mass is 35.5. The van der Waals surface area contributed by atoms with Crippen LogP contribution in [0, 0.1) is 6.92 Å². The zero-order valence-electron chi connectivity index (χ0n) is 15.4. The van der Waals surface area contributed by atoms with Crippen molar-refractivity contribution in [3.8, 4) is 0 Å². The van der Waals surface area contributed by atoms with Crippen molar-refractivity contribution in [1.29, 1.82) is 0 Å². The lowest BCUT2D eigenvalue weighted by molar-refractivity contribution is 0.0933. The second-order valence-electron chi connectivity index (χ2n) is 6.96. The molecule has 0 radical (unpaired) electrons. The Kier molecular flexibility index (Phi) is 6.45. The van der Waals surface area contributed by atoms with Gasteiger partial charge in [0.05, 0.1) is 0 Å². The summed E-state index contributed by atoms with van der Waals surface area (Å²) in [6.45, 7) is 1.84. The van der Waals surface area contributed by atoms with Crippen molar-refractivity contribution >= 4 is 29.1 Å². The van der Waals surface area contributed by atoms with Crippen LogP contribution in [0.1, 0.15) is 64.9 Å². The van der Waals surface area contributed by atoms with Crippen LogP contribution >= 0.6 is 11.6 Å². The summed E-state index contributed by atoms with van der Waals surface area (Å²) in [7, 11) is 0. The summed E-state index contributed by atoms with van der Waals surface area (Å²) >= 11 is 6.09. The molecule has 1 fully saturated rings. The molecule has 1 aliphatic rings. The molecule has 0 atom stereocenters. The summed E-state index contributed by atoms with van der Waals surface area (Å²) in [5.41, 5.74) is 2.06. The first-order valence-electron chi connectivity index (χ1n) is 9.38. The topological polar surface area (TPSA) is 71.1 Å². The number of aromatic nitrogens is 1. The molecule has 0 bridgehead atoms. The van der Waals surface area contributed by atoms with Gasteiger partial charge in [0.25, 0.3) is 11.8 Å². The molecule has 27 heavy (non-hydrogen) atoms. The number of nitrogens with zero attached hydrogens (tertiary/aromatic N) is 1. The first kappa shape index (κ1) is 19.4. The average Bonchev–Trinajstić information content (AvgIpc) is 2.94. The molecule has 2 N–H and O–H groups in total. The molecule has 0 spiro atoms. The number of benzene rings is 1. The predicted molar refractivity (Wildman–Crippen MR) is 107 cm³/mol. The SMILES string of the molecule is Cc1c(Cl)cccc1NC(=O)c1cc(C(=O)NC2CCCCCC2)ccn1. The van der Waals surface area contributed by atoms with E-state index < -0.39 is 0 Å². The van der Waals surface area contributed by atoms with Crippen LogP contribution in [-0.4, -0.2) is 22.8 Å². The third-order valence-electron chi connectivity index (χ3n) is 4.96. The van der Waals surface area contributed by atoms with Gasteiger partial charge in [-0.15, -0.1) is 0 Å². The zero-order chi connectivity index (χ0) is 19.2. The molecule has 6 heteroatoms. The lowest BCUT2D eigenvalue weighted by atomic mass is 10.1. The molecule has 2 amide bonds. The maximum Gasteiger partial charge on any atom is 0.274 e. The van der Waals surface area contributed by atoms with Gasteiger partial charge in [0, 0.05) is 28.5 Å². The maximum absolute atomic E-state index is 12.6. The number of carbonyl (C=O) groups is 2. The fourth-order valence-electron chi connectivity index (χ4n) is 3.32. The Morgan fingerprint density at radius 3 is 2.56 bits per heavy atom. The molecule has 1 saturated carbocycles. The minimum atomic E-state index is -0.371. The lowest BCUT2D eigenvalue weighted by Crippen LogP contribution is -2.34. The first-order valence-corrected chi connectivity index (χ1v) is 9.76. The van der Waals surface area contributed by atoms with Crippen molar-refractivity contribution in [3.63, 3.8) is 0 Å². The van der Waals surface area contributed by atoms with Crippen molar-refractivity contribution in [2.24, 2.45) is 0 Å². The summed E-state index contributed by atoms with van der Waals surface area (Å²) in [6, 6.07) is 8.69. The maximum atomic E-state index is 12.6. The van der Waals surface area contributed by atoms with Gasteiger partial charge in [-0.1, -0.05) is 43.4 Å². The molecular weight excluding hydrogens is 362 g/mol. The van der Waals surface area contributed by atoms with E-state index in [1.165, 1.54) is 25.1 Å².